The first-order valence-corrected chi connectivity index (χ1v) is 7.25. The van der Waals surface area contributed by atoms with E-state index in [0.29, 0.717) is 12.1 Å². The van der Waals surface area contributed by atoms with Crippen LogP contribution in [0.4, 0.5) is 24.5 Å². The number of para-hydroxylation sites is 1. The van der Waals surface area contributed by atoms with Crippen molar-refractivity contribution in [1.29, 1.82) is 5.26 Å². The third kappa shape index (κ3) is 5.08. The van der Waals surface area contributed by atoms with Crippen molar-refractivity contribution in [3.05, 3.63) is 63.7 Å². The number of nitro groups is 1. The van der Waals surface area contributed by atoms with Crippen molar-refractivity contribution in [3.63, 3.8) is 0 Å². The van der Waals surface area contributed by atoms with Crippen LogP contribution in [-0.2, 0) is 11.0 Å². The highest BCUT2D eigenvalue weighted by atomic mass is 19.4. The summed E-state index contributed by atoms with van der Waals surface area (Å²) in [6, 6.07) is 9.86. The van der Waals surface area contributed by atoms with Crippen LogP contribution in [0, 0.1) is 21.4 Å². The van der Waals surface area contributed by atoms with E-state index in [9.17, 15) is 28.1 Å². The van der Waals surface area contributed by atoms with Crippen LogP contribution in [-0.4, -0.2) is 17.4 Å². The monoisotopic (exact) mass is 380 g/mol. The minimum atomic E-state index is -4.74. The highest BCUT2D eigenvalue weighted by Crippen LogP contribution is 2.34. The van der Waals surface area contributed by atoms with Gasteiger partial charge in [-0.25, -0.2) is 0 Å². The zero-order valence-corrected chi connectivity index (χ0v) is 13.4. The van der Waals surface area contributed by atoms with Gasteiger partial charge in [0.15, 0.2) is 6.61 Å². The molecule has 11 heteroatoms. The average Bonchev–Trinajstić information content (AvgIpc) is 2.63. The highest BCUT2D eigenvalue weighted by molar-refractivity contribution is 5.80. The molecule has 0 heterocycles. The molecular weight excluding hydrogens is 369 g/mol. The standard InChI is InChI=1S/C16H11F3N4O4/c17-16(18,19)11-5-6-12(13(7-11)23(25)26)21-22-15(24)9-27-14-4-2-1-3-10(14)8-20/h1-7,21H,9H2,(H,22,24). The van der Waals surface area contributed by atoms with E-state index in [4.69, 9.17) is 10.00 Å². The molecule has 2 N–H and O–H groups in total. The van der Waals surface area contributed by atoms with Crippen molar-refractivity contribution in [1.82, 2.24) is 5.43 Å². The van der Waals surface area contributed by atoms with E-state index in [1.165, 1.54) is 12.1 Å². The zero-order chi connectivity index (χ0) is 20.0. The Morgan fingerprint density at radius 3 is 2.59 bits per heavy atom. The molecule has 27 heavy (non-hydrogen) atoms. The van der Waals surface area contributed by atoms with Crippen LogP contribution >= 0.6 is 0 Å². The lowest BCUT2D eigenvalue weighted by atomic mass is 10.1. The lowest BCUT2D eigenvalue weighted by Crippen LogP contribution is -2.34. The molecule has 0 aromatic heterocycles. The summed E-state index contributed by atoms with van der Waals surface area (Å²) in [5.41, 5.74) is 2.08. The Bertz CT molecular complexity index is 909. The maximum absolute atomic E-state index is 12.6. The van der Waals surface area contributed by atoms with Crippen molar-refractivity contribution < 1.29 is 27.6 Å². The molecule has 0 unspecified atom stereocenters. The number of nitrogens with zero attached hydrogens (tertiary/aromatic N) is 2. The van der Waals surface area contributed by atoms with E-state index in [1.54, 1.807) is 12.1 Å². The molecule has 0 saturated carbocycles. The molecule has 0 saturated heterocycles. The van der Waals surface area contributed by atoms with E-state index in [2.05, 4.69) is 10.9 Å². The van der Waals surface area contributed by atoms with Gasteiger partial charge in [0.05, 0.1) is 16.1 Å². The largest absolute Gasteiger partial charge is 0.482 e. The Morgan fingerprint density at radius 2 is 1.96 bits per heavy atom. The molecule has 1 amide bonds. The first kappa shape index (κ1) is 19.5. The fraction of sp³-hybridized carbons (Fsp3) is 0.125. The number of nitrogens with one attached hydrogen (secondary N) is 2. The summed E-state index contributed by atoms with van der Waals surface area (Å²) in [6.45, 7) is -0.528. The van der Waals surface area contributed by atoms with Crippen molar-refractivity contribution in [2.45, 2.75) is 6.18 Å². The molecule has 0 atom stereocenters. The highest BCUT2D eigenvalue weighted by Gasteiger charge is 2.33. The van der Waals surface area contributed by atoms with Crippen molar-refractivity contribution in [2.24, 2.45) is 0 Å². The first-order valence-electron chi connectivity index (χ1n) is 7.25. The molecule has 0 aliphatic rings. The van der Waals surface area contributed by atoms with Gasteiger partial charge in [-0.2, -0.15) is 18.4 Å². The van der Waals surface area contributed by atoms with Crippen LogP contribution in [0.5, 0.6) is 5.75 Å². The van der Waals surface area contributed by atoms with Crippen molar-refractivity contribution in [2.75, 3.05) is 12.0 Å². The number of carbonyl (C=O) groups excluding carboxylic acids is 1. The topological polar surface area (TPSA) is 117 Å². The molecule has 0 aliphatic heterocycles. The van der Waals surface area contributed by atoms with E-state index in [1.807, 2.05) is 6.07 Å². The fourth-order valence-electron chi connectivity index (χ4n) is 1.97. The van der Waals surface area contributed by atoms with Gasteiger partial charge in [-0.3, -0.25) is 25.8 Å². The van der Waals surface area contributed by atoms with Gasteiger partial charge < -0.3 is 4.74 Å². The number of rotatable bonds is 6. The normalized spacial score (nSPS) is 10.6. The molecule has 8 nitrogen and oxygen atoms in total. The summed E-state index contributed by atoms with van der Waals surface area (Å²) in [5.74, 6) is -0.604. The van der Waals surface area contributed by atoms with Gasteiger partial charge in [-0.1, -0.05) is 12.1 Å². The second-order valence-corrected chi connectivity index (χ2v) is 5.06. The third-order valence-electron chi connectivity index (χ3n) is 3.22. The summed E-state index contributed by atoms with van der Waals surface area (Å²) < 4.78 is 43.1. The van der Waals surface area contributed by atoms with E-state index in [-0.39, 0.29) is 17.0 Å². The summed E-state index contributed by atoms with van der Waals surface area (Å²) in [4.78, 5) is 21.7. The molecule has 0 radical (unpaired) electrons. The van der Waals surface area contributed by atoms with Crippen molar-refractivity contribution >= 4 is 17.3 Å². The zero-order valence-electron chi connectivity index (χ0n) is 13.4. The number of hydrogen-bond donors (Lipinski definition) is 2. The maximum Gasteiger partial charge on any atom is 0.416 e. The second-order valence-electron chi connectivity index (χ2n) is 5.06. The summed E-state index contributed by atoms with van der Waals surface area (Å²) >= 11 is 0. The molecule has 0 aliphatic carbocycles. The molecule has 0 spiro atoms. The van der Waals surface area contributed by atoms with Gasteiger partial charge in [0.1, 0.15) is 17.5 Å². The van der Waals surface area contributed by atoms with Crippen LogP contribution in [0.15, 0.2) is 42.5 Å². The van der Waals surface area contributed by atoms with Gasteiger partial charge in [0, 0.05) is 6.07 Å². The Kier molecular flexibility index (Phi) is 5.82. The average molecular weight is 380 g/mol. The molecule has 140 valence electrons. The predicted molar refractivity (Wildman–Crippen MR) is 86.5 cm³/mol. The van der Waals surface area contributed by atoms with E-state index < -0.39 is 34.9 Å². The van der Waals surface area contributed by atoms with Crippen LogP contribution in [0.3, 0.4) is 0 Å². The van der Waals surface area contributed by atoms with Gasteiger partial charge >= 0.3 is 6.18 Å². The molecule has 0 fully saturated rings. The SMILES string of the molecule is N#Cc1ccccc1OCC(=O)NNc1ccc(C(F)(F)F)cc1[N+](=O)[O-]. The molecule has 2 rings (SSSR count). The van der Waals surface area contributed by atoms with Crippen LogP contribution in [0.1, 0.15) is 11.1 Å². The number of carbonyl (C=O) groups is 1. The van der Waals surface area contributed by atoms with Crippen LogP contribution in [0.2, 0.25) is 0 Å². The van der Waals surface area contributed by atoms with E-state index >= 15 is 0 Å². The number of nitriles is 1. The minimum absolute atomic E-state index is 0.163. The summed E-state index contributed by atoms with van der Waals surface area (Å²) in [6.07, 6.45) is -4.74. The van der Waals surface area contributed by atoms with Crippen LogP contribution in [0.25, 0.3) is 0 Å². The Labute approximate surface area is 150 Å². The quantitative estimate of drug-likeness (QED) is 0.588. The number of ether oxygens (including phenoxy) is 1. The number of anilines is 1. The number of hydrazine groups is 1. The Balaban J connectivity index is 2.02. The van der Waals surface area contributed by atoms with E-state index in [0.717, 1.165) is 6.07 Å². The summed E-state index contributed by atoms with van der Waals surface area (Å²) in [7, 11) is 0. The molecular formula is C16H11F3N4O4. The number of benzene rings is 2. The van der Waals surface area contributed by atoms with Crippen LogP contribution < -0.4 is 15.6 Å². The first-order chi connectivity index (χ1) is 12.7. The molecule has 2 aromatic carbocycles. The molecule has 0 bridgehead atoms. The second kappa shape index (κ2) is 8.05. The number of hydrogen-bond acceptors (Lipinski definition) is 6. The van der Waals surface area contributed by atoms with Crippen molar-refractivity contribution in [3.8, 4) is 11.8 Å². The maximum atomic E-state index is 12.6. The van der Waals surface area contributed by atoms with Gasteiger partial charge in [-0.15, -0.1) is 0 Å². The van der Waals surface area contributed by atoms with Gasteiger partial charge in [0.25, 0.3) is 11.6 Å². The fourth-order valence-corrected chi connectivity index (χ4v) is 1.97. The smallest absolute Gasteiger partial charge is 0.416 e. The number of amides is 1. The third-order valence-corrected chi connectivity index (χ3v) is 3.22. The van der Waals surface area contributed by atoms with Gasteiger partial charge in [-0.05, 0) is 24.3 Å². The lowest BCUT2D eigenvalue weighted by Gasteiger charge is -2.12. The molecule has 2 aromatic rings. The number of nitro benzene ring substituents is 1. The van der Waals surface area contributed by atoms with Gasteiger partial charge in [0.2, 0.25) is 0 Å². The Hall–Kier alpha value is -3.81. The summed E-state index contributed by atoms with van der Waals surface area (Å²) in [5, 5.41) is 19.9. The minimum Gasteiger partial charge on any atom is -0.482 e. The lowest BCUT2D eigenvalue weighted by molar-refractivity contribution is -0.384. The Morgan fingerprint density at radius 1 is 1.26 bits per heavy atom. The number of alkyl halides is 3. The number of halogens is 3. The predicted octanol–water partition coefficient (Wildman–Crippen LogP) is 3.01.